The van der Waals surface area contributed by atoms with Crippen LogP contribution in [0.25, 0.3) is 0 Å². The van der Waals surface area contributed by atoms with E-state index in [2.05, 4.69) is 10.6 Å². The first-order valence-corrected chi connectivity index (χ1v) is 9.78. The second kappa shape index (κ2) is 8.02. The van der Waals surface area contributed by atoms with Gasteiger partial charge >= 0.3 is 0 Å². The van der Waals surface area contributed by atoms with Gasteiger partial charge < -0.3 is 5.32 Å². The third-order valence-corrected chi connectivity index (χ3v) is 6.05. The monoisotopic (exact) mass is 356 g/mol. The van der Waals surface area contributed by atoms with Crippen LogP contribution in [-0.4, -0.2) is 17.7 Å². The quantitative estimate of drug-likeness (QED) is 0.764. The van der Waals surface area contributed by atoms with E-state index < -0.39 is 5.41 Å². The molecule has 26 heavy (non-hydrogen) atoms. The summed E-state index contributed by atoms with van der Waals surface area (Å²) in [5, 5.41) is 5.41. The highest BCUT2D eigenvalue weighted by molar-refractivity contribution is 6.03. The first-order chi connectivity index (χ1) is 12.5. The van der Waals surface area contributed by atoms with E-state index in [4.69, 9.17) is 0 Å². The lowest BCUT2D eigenvalue weighted by Crippen LogP contribution is -2.51. The average Bonchev–Trinajstić information content (AvgIpc) is 3.15. The first kappa shape index (κ1) is 18.6. The fourth-order valence-corrected chi connectivity index (χ4v) is 4.30. The zero-order valence-electron chi connectivity index (χ0n) is 15.5. The maximum absolute atomic E-state index is 12.4. The molecular formula is C21H28N2O3. The van der Waals surface area contributed by atoms with E-state index in [-0.39, 0.29) is 17.7 Å². The van der Waals surface area contributed by atoms with Crippen LogP contribution in [0.4, 0.5) is 5.69 Å². The van der Waals surface area contributed by atoms with Gasteiger partial charge in [0.15, 0.2) is 0 Å². The number of carbonyl (C=O) groups is 3. The highest BCUT2D eigenvalue weighted by atomic mass is 16.2. The second-order valence-corrected chi connectivity index (χ2v) is 7.63. The van der Waals surface area contributed by atoms with Crippen LogP contribution >= 0.6 is 0 Å². The summed E-state index contributed by atoms with van der Waals surface area (Å²) in [4.78, 5) is 36.0. The molecule has 0 bridgehead atoms. The van der Waals surface area contributed by atoms with Gasteiger partial charge in [0, 0.05) is 18.5 Å². The van der Waals surface area contributed by atoms with Crippen molar-refractivity contribution in [2.75, 3.05) is 5.32 Å². The molecule has 1 aliphatic heterocycles. The summed E-state index contributed by atoms with van der Waals surface area (Å²) in [5.74, 6) is 0.339. The Hall–Kier alpha value is -2.17. The zero-order valence-corrected chi connectivity index (χ0v) is 15.5. The molecule has 1 aliphatic carbocycles. The molecule has 0 aromatic heterocycles. The SMILES string of the molecule is CCC1(c2ccc(NC(=O)CCC3CCCC3)cc2)CCC(=O)NC1=O. The Morgan fingerprint density at radius 1 is 1.19 bits per heavy atom. The van der Waals surface area contributed by atoms with Gasteiger partial charge in [-0.3, -0.25) is 19.7 Å². The van der Waals surface area contributed by atoms with Gasteiger partial charge in [-0.05, 0) is 42.9 Å². The number of benzene rings is 1. The standard InChI is InChI=1S/C21H28N2O3/c1-2-21(14-13-19(25)23-20(21)26)16-8-10-17(11-9-16)22-18(24)12-7-15-5-3-4-6-15/h8-11,15H,2-7,12-14H2,1H3,(H,22,24)(H,23,25,26). The first-order valence-electron chi connectivity index (χ1n) is 9.78. The topological polar surface area (TPSA) is 75.3 Å². The van der Waals surface area contributed by atoms with Crippen molar-refractivity contribution in [3.8, 4) is 0 Å². The highest BCUT2D eigenvalue weighted by Crippen LogP contribution is 2.36. The largest absolute Gasteiger partial charge is 0.326 e. The molecule has 3 amide bonds. The summed E-state index contributed by atoms with van der Waals surface area (Å²) < 4.78 is 0. The number of rotatable bonds is 6. The molecule has 140 valence electrons. The summed E-state index contributed by atoms with van der Waals surface area (Å²) in [7, 11) is 0. The van der Waals surface area contributed by atoms with Crippen molar-refractivity contribution in [2.24, 2.45) is 5.92 Å². The van der Waals surface area contributed by atoms with Crippen LogP contribution in [0.15, 0.2) is 24.3 Å². The van der Waals surface area contributed by atoms with Gasteiger partial charge in [-0.1, -0.05) is 44.7 Å². The van der Waals surface area contributed by atoms with E-state index in [0.717, 1.165) is 17.7 Å². The molecule has 1 saturated carbocycles. The Kier molecular flexibility index (Phi) is 5.74. The van der Waals surface area contributed by atoms with E-state index in [9.17, 15) is 14.4 Å². The van der Waals surface area contributed by atoms with E-state index >= 15 is 0 Å². The van der Waals surface area contributed by atoms with Crippen molar-refractivity contribution in [1.29, 1.82) is 0 Å². The van der Waals surface area contributed by atoms with Gasteiger partial charge in [0.25, 0.3) is 0 Å². The lowest BCUT2D eigenvalue weighted by molar-refractivity contribution is -0.138. The maximum Gasteiger partial charge on any atom is 0.237 e. The number of amides is 3. The number of hydrogen-bond donors (Lipinski definition) is 2. The van der Waals surface area contributed by atoms with Gasteiger partial charge in [0.2, 0.25) is 17.7 Å². The summed E-state index contributed by atoms with van der Waals surface area (Å²) >= 11 is 0. The normalized spacial score (nSPS) is 23.7. The molecule has 0 spiro atoms. The van der Waals surface area contributed by atoms with Gasteiger partial charge in [0.1, 0.15) is 0 Å². The molecule has 1 aromatic rings. The molecule has 1 unspecified atom stereocenters. The molecule has 2 fully saturated rings. The average molecular weight is 356 g/mol. The minimum absolute atomic E-state index is 0.0517. The van der Waals surface area contributed by atoms with E-state index in [1.54, 1.807) is 0 Å². The van der Waals surface area contributed by atoms with Crippen LogP contribution in [-0.2, 0) is 19.8 Å². The van der Waals surface area contributed by atoms with E-state index in [0.29, 0.717) is 31.6 Å². The predicted molar refractivity (Wildman–Crippen MR) is 101 cm³/mol. The van der Waals surface area contributed by atoms with Crippen LogP contribution in [0.2, 0.25) is 0 Å². The van der Waals surface area contributed by atoms with Gasteiger partial charge in [0.05, 0.1) is 5.41 Å². The van der Waals surface area contributed by atoms with Crippen molar-refractivity contribution in [1.82, 2.24) is 5.32 Å². The number of carbonyl (C=O) groups excluding carboxylic acids is 3. The van der Waals surface area contributed by atoms with Gasteiger partial charge in [-0.2, -0.15) is 0 Å². The number of hydrogen-bond acceptors (Lipinski definition) is 3. The fourth-order valence-electron chi connectivity index (χ4n) is 4.30. The predicted octanol–water partition coefficient (Wildman–Crippen LogP) is 3.68. The maximum atomic E-state index is 12.4. The molecule has 1 atom stereocenters. The molecule has 3 rings (SSSR count). The zero-order chi connectivity index (χ0) is 18.6. The van der Waals surface area contributed by atoms with Crippen LogP contribution in [0.1, 0.15) is 70.3 Å². The summed E-state index contributed by atoms with van der Waals surface area (Å²) in [5.41, 5.74) is 0.997. The molecule has 2 N–H and O–H groups in total. The third-order valence-electron chi connectivity index (χ3n) is 6.05. The minimum atomic E-state index is -0.654. The highest BCUT2D eigenvalue weighted by Gasteiger charge is 2.42. The van der Waals surface area contributed by atoms with Crippen LogP contribution in [0.5, 0.6) is 0 Å². The van der Waals surface area contributed by atoms with E-state index in [1.165, 1.54) is 25.7 Å². The van der Waals surface area contributed by atoms with E-state index in [1.807, 2.05) is 31.2 Å². The Labute approximate surface area is 154 Å². The Morgan fingerprint density at radius 3 is 2.50 bits per heavy atom. The van der Waals surface area contributed by atoms with Crippen molar-refractivity contribution < 1.29 is 14.4 Å². The summed E-state index contributed by atoms with van der Waals surface area (Å²) in [6.07, 6.45) is 8.17. The fraction of sp³-hybridized carbons (Fsp3) is 0.571. The number of imide groups is 1. The van der Waals surface area contributed by atoms with Crippen LogP contribution in [0.3, 0.4) is 0 Å². The molecular weight excluding hydrogens is 328 g/mol. The number of nitrogens with one attached hydrogen (secondary N) is 2. The lowest BCUT2D eigenvalue weighted by atomic mass is 9.72. The van der Waals surface area contributed by atoms with Gasteiger partial charge in [-0.15, -0.1) is 0 Å². The summed E-state index contributed by atoms with van der Waals surface area (Å²) in [6.45, 7) is 1.97. The lowest BCUT2D eigenvalue weighted by Gasteiger charge is -2.35. The smallest absolute Gasteiger partial charge is 0.237 e. The third kappa shape index (κ3) is 3.97. The van der Waals surface area contributed by atoms with Crippen LogP contribution in [0, 0.1) is 5.92 Å². The summed E-state index contributed by atoms with van der Waals surface area (Å²) in [6, 6.07) is 7.49. The van der Waals surface area contributed by atoms with Crippen molar-refractivity contribution >= 4 is 23.4 Å². The molecule has 5 nitrogen and oxygen atoms in total. The van der Waals surface area contributed by atoms with Crippen molar-refractivity contribution in [3.63, 3.8) is 0 Å². The molecule has 2 aliphatic rings. The number of anilines is 1. The Morgan fingerprint density at radius 2 is 1.88 bits per heavy atom. The molecule has 1 aromatic carbocycles. The van der Waals surface area contributed by atoms with Gasteiger partial charge in [-0.25, -0.2) is 0 Å². The van der Waals surface area contributed by atoms with Crippen LogP contribution < -0.4 is 10.6 Å². The molecule has 1 saturated heterocycles. The van der Waals surface area contributed by atoms with Crippen molar-refractivity contribution in [3.05, 3.63) is 29.8 Å². The van der Waals surface area contributed by atoms with Crippen molar-refractivity contribution in [2.45, 2.75) is 70.1 Å². The molecule has 1 heterocycles. The Balaban J connectivity index is 1.61. The molecule has 0 radical (unpaired) electrons. The molecule has 5 heteroatoms. The minimum Gasteiger partial charge on any atom is -0.326 e. The Bertz CT molecular complexity index is 677. The number of piperidine rings is 1. The second-order valence-electron chi connectivity index (χ2n) is 7.63.